The minimum Gasteiger partial charge on any atom is -0.497 e. The maximum Gasteiger partial charge on any atom is 0.279 e. The molecule has 1 saturated heterocycles. The number of amides is 2. The second-order valence-electron chi connectivity index (χ2n) is 7.95. The summed E-state index contributed by atoms with van der Waals surface area (Å²) in [7, 11) is 1.67. The first-order valence-corrected chi connectivity index (χ1v) is 10.5. The molecule has 1 aliphatic carbocycles. The summed E-state index contributed by atoms with van der Waals surface area (Å²) in [6, 6.07) is 15.6. The number of hydrogen-bond acceptors (Lipinski definition) is 4. The maximum absolute atomic E-state index is 12.6. The van der Waals surface area contributed by atoms with Crippen molar-refractivity contribution in [3.05, 3.63) is 54.1 Å². The van der Waals surface area contributed by atoms with Crippen molar-refractivity contribution in [3.63, 3.8) is 0 Å². The Labute approximate surface area is 177 Å². The molecular weight excluding hydrogens is 380 g/mol. The molecule has 30 heavy (non-hydrogen) atoms. The quantitative estimate of drug-likeness (QED) is 0.636. The summed E-state index contributed by atoms with van der Waals surface area (Å²) in [6.07, 6.45) is 2.07. The topological polar surface area (TPSA) is 75.1 Å². The van der Waals surface area contributed by atoms with Gasteiger partial charge in [0.05, 0.1) is 44.5 Å². The average molecular weight is 410 g/mol. The number of hydrogen-bond donors (Lipinski definition) is 3. The molecule has 2 aromatic rings. The Kier molecular flexibility index (Phi) is 6.18. The number of carbonyl (C=O) groups is 2. The first kappa shape index (κ1) is 20.2. The molecule has 2 aromatic carbocycles. The smallest absolute Gasteiger partial charge is 0.279 e. The van der Waals surface area contributed by atoms with E-state index in [4.69, 9.17) is 4.74 Å². The van der Waals surface area contributed by atoms with Crippen molar-refractivity contribution in [2.45, 2.75) is 18.9 Å². The van der Waals surface area contributed by atoms with E-state index in [1.807, 2.05) is 24.3 Å². The summed E-state index contributed by atoms with van der Waals surface area (Å²) in [5, 5.41) is 5.92. The summed E-state index contributed by atoms with van der Waals surface area (Å²) in [4.78, 5) is 28.6. The molecule has 3 N–H and O–H groups in total. The van der Waals surface area contributed by atoms with E-state index >= 15 is 0 Å². The summed E-state index contributed by atoms with van der Waals surface area (Å²) >= 11 is 0. The Morgan fingerprint density at radius 1 is 1.07 bits per heavy atom. The van der Waals surface area contributed by atoms with Crippen molar-refractivity contribution in [1.29, 1.82) is 0 Å². The van der Waals surface area contributed by atoms with Crippen LogP contribution < -0.4 is 25.2 Å². The number of anilines is 2. The first-order valence-electron chi connectivity index (χ1n) is 10.5. The van der Waals surface area contributed by atoms with Gasteiger partial charge < -0.3 is 25.2 Å². The van der Waals surface area contributed by atoms with Crippen LogP contribution in [0.1, 0.15) is 23.2 Å². The number of para-hydroxylation sites is 1. The lowest BCUT2D eigenvalue weighted by Gasteiger charge is -2.33. The van der Waals surface area contributed by atoms with Gasteiger partial charge in [-0.25, -0.2) is 0 Å². The lowest BCUT2D eigenvalue weighted by atomic mass is 10.1. The second-order valence-corrected chi connectivity index (χ2v) is 7.95. The predicted octanol–water partition coefficient (Wildman–Crippen LogP) is 0.931. The minimum atomic E-state index is -0.117. The fourth-order valence-corrected chi connectivity index (χ4v) is 3.75. The van der Waals surface area contributed by atoms with Crippen LogP contribution in [0.25, 0.3) is 0 Å². The highest BCUT2D eigenvalue weighted by molar-refractivity contribution is 6.04. The van der Waals surface area contributed by atoms with Gasteiger partial charge in [0.15, 0.2) is 6.54 Å². The Hall–Kier alpha value is -3.06. The molecule has 7 nitrogen and oxygen atoms in total. The highest BCUT2D eigenvalue weighted by Crippen LogP contribution is 2.22. The van der Waals surface area contributed by atoms with Crippen LogP contribution in [0.5, 0.6) is 5.75 Å². The van der Waals surface area contributed by atoms with E-state index in [1.54, 1.807) is 19.2 Å². The molecule has 1 aliphatic heterocycles. The van der Waals surface area contributed by atoms with Crippen molar-refractivity contribution in [3.8, 4) is 5.75 Å². The van der Waals surface area contributed by atoms with Gasteiger partial charge >= 0.3 is 0 Å². The largest absolute Gasteiger partial charge is 0.497 e. The fraction of sp³-hybridized carbons (Fsp3) is 0.391. The van der Waals surface area contributed by atoms with Gasteiger partial charge in [0.25, 0.3) is 11.8 Å². The van der Waals surface area contributed by atoms with Crippen LogP contribution in [-0.4, -0.2) is 57.7 Å². The molecule has 1 saturated carbocycles. The molecular formula is C23H29N4O3+. The molecule has 0 spiro atoms. The molecule has 7 heteroatoms. The van der Waals surface area contributed by atoms with Crippen molar-refractivity contribution in [1.82, 2.24) is 5.32 Å². The van der Waals surface area contributed by atoms with Gasteiger partial charge in [0.1, 0.15) is 5.75 Å². The monoisotopic (exact) mass is 409 g/mol. The molecule has 0 unspecified atom stereocenters. The maximum atomic E-state index is 12.6. The minimum absolute atomic E-state index is 0.0606. The summed E-state index contributed by atoms with van der Waals surface area (Å²) < 4.78 is 5.22. The molecule has 2 fully saturated rings. The number of nitrogens with zero attached hydrogens (tertiary/aromatic N) is 1. The van der Waals surface area contributed by atoms with Crippen LogP contribution in [0, 0.1) is 0 Å². The third kappa shape index (κ3) is 5.10. The highest BCUT2D eigenvalue weighted by Gasteiger charge is 2.26. The van der Waals surface area contributed by atoms with Gasteiger partial charge in [-0.1, -0.05) is 12.1 Å². The van der Waals surface area contributed by atoms with Crippen molar-refractivity contribution < 1.29 is 19.2 Å². The number of ether oxygens (including phenoxy) is 1. The average Bonchev–Trinajstić information content (AvgIpc) is 3.58. The lowest BCUT2D eigenvalue weighted by molar-refractivity contribution is -0.892. The third-order valence-electron chi connectivity index (χ3n) is 5.68. The van der Waals surface area contributed by atoms with Crippen molar-refractivity contribution in [2.75, 3.05) is 50.1 Å². The SMILES string of the molecule is COc1ccc(N2CC[NH+](CC(=O)Nc3ccccc3C(=O)NC3CC3)CC2)cc1. The van der Waals surface area contributed by atoms with E-state index < -0.39 is 0 Å². The van der Waals surface area contributed by atoms with Gasteiger partial charge in [-0.3, -0.25) is 9.59 Å². The molecule has 0 radical (unpaired) electrons. The van der Waals surface area contributed by atoms with Crippen LogP contribution in [-0.2, 0) is 4.79 Å². The van der Waals surface area contributed by atoms with Crippen LogP contribution >= 0.6 is 0 Å². The first-order chi connectivity index (χ1) is 14.6. The van der Waals surface area contributed by atoms with Gasteiger partial charge in [0, 0.05) is 11.7 Å². The van der Waals surface area contributed by atoms with Crippen molar-refractivity contribution >= 4 is 23.2 Å². The normalized spacial score (nSPS) is 16.8. The highest BCUT2D eigenvalue weighted by atomic mass is 16.5. The Bertz CT molecular complexity index is 888. The number of carbonyl (C=O) groups excluding carboxylic acids is 2. The molecule has 2 aliphatic rings. The molecule has 0 atom stereocenters. The Morgan fingerprint density at radius 3 is 2.43 bits per heavy atom. The summed E-state index contributed by atoms with van der Waals surface area (Å²) in [6.45, 7) is 3.98. The summed E-state index contributed by atoms with van der Waals surface area (Å²) in [5.74, 6) is 0.675. The molecule has 1 heterocycles. The van der Waals surface area contributed by atoms with Gasteiger partial charge in [-0.15, -0.1) is 0 Å². The number of rotatable bonds is 7. The van der Waals surface area contributed by atoms with E-state index in [-0.39, 0.29) is 17.9 Å². The van der Waals surface area contributed by atoms with Crippen LogP contribution in [0.3, 0.4) is 0 Å². The van der Waals surface area contributed by atoms with Crippen molar-refractivity contribution in [2.24, 2.45) is 0 Å². The van der Waals surface area contributed by atoms with Gasteiger partial charge in [0.2, 0.25) is 0 Å². The number of nitrogens with one attached hydrogen (secondary N) is 3. The number of benzene rings is 2. The zero-order chi connectivity index (χ0) is 20.9. The Balaban J connectivity index is 1.28. The Morgan fingerprint density at radius 2 is 1.77 bits per heavy atom. The standard InChI is InChI=1S/C23H28N4O3/c1-30-19-10-8-18(9-11-19)27-14-12-26(13-15-27)16-22(28)25-21-5-3-2-4-20(21)23(29)24-17-6-7-17/h2-5,8-11,17H,6-7,12-16H2,1H3,(H,24,29)(H,25,28)/p+1. The molecule has 0 aromatic heterocycles. The van der Waals surface area contributed by atoms with E-state index in [0.29, 0.717) is 17.8 Å². The zero-order valence-electron chi connectivity index (χ0n) is 17.3. The fourth-order valence-electron chi connectivity index (χ4n) is 3.75. The van der Waals surface area contributed by atoms with E-state index in [0.717, 1.165) is 44.8 Å². The number of piperazine rings is 1. The number of quaternary nitrogens is 1. The van der Waals surface area contributed by atoms with Gasteiger partial charge in [-0.2, -0.15) is 0 Å². The van der Waals surface area contributed by atoms with E-state index in [2.05, 4.69) is 27.7 Å². The van der Waals surface area contributed by atoms with Gasteiger partial charge in [-0.05, 0) is 49.2 Å². The zero-order valence-corrected chi connectivity index (χ0v) is 17.3. The predicted molar refractivity (Wildman–Crippen MR) is 116 cm³/mol. The van der Waals surface area contributed by atoms with Crippen LogP contribution in [0.15, 0.2) is 48.5 Å². The third-order valence-corrected chi connectivity index (χ3v) is 5.68. The van der Waals surface area contributed by atoms with E-state index in [9.17, 15) is 9.59 Å². The van der Waals surface area contributed by atoms with E-state index in [1.165, 1.54) is 10.6 Å². The van der Waals surface area contributed by atoms with Crippen LogP contribution in [0.2, 0.25) is 0 Å². The molecule has 0 bridgehead atoms. The lowest BCUT2D eigenvalue weighted by Crippen LogP contribution is -3.15. The molecule has 158 valence electrons. The molecule has 4 rings (SSSR count). The number of methoxy groups -OCH3 is 1. The second kappa shape index (κ2) is 9.17. The summed E-state index contributed by atoms with van der Waals surface area (Å²) in [5.41, 5.74) is 2.28. The molecule has 2 amide bonds. The van der Waals surface area contributed by atoms with Crippen LogP contribution in [0.4, 0.5) is 11.4 Å².